The fourth-order valence-corrected chi connectivity index (χ4v) is 1.14. The number of esters is 1. The first-order valence-corrected chi connectivity index (χ1v) is 5.22. The summed E-state index contributed by atoms with van der Waals surface area (Å²) in [6.45, 7) is 2.14. The number of nitrogens with zero attached hydrogens (tertiary/aromatic N) is 1. The summed E-state index contributed by atoms with van der Waals surface area (Å²) in [5.74, 6) is -1.02. The molecular formula is C13H12FNO2. The van der Waals surface area contributed by atoms with Crippen LogP contribution in [0.15, 0.2) is 29.8 Å². The van der Waals surface area contributed by atoms with Crippen LogP contribution in [0.5, 0.6) is 0 Å². The van der Waals surface area contributed by atoms with Gasteiger partial charge in [-0.05, 0) is 30.2 Å². The van der Waals surface area contributed by atoms with Crippen LogP contribution in [0.1, 0.15) is 18.9 Å². The molecule has 0 radical (unpaired) electrons. The SMILES string of the molecule is CCCOC(=O)/C(C#N)=C/c1ccc(F)cc1. The molecule has 0 amide bonds. The zero-order valence-corrected chi connectivity index (χ0v) is 9.44. The minimum Gasteiger partial charge on any atom is -0.462 e. The Labute approximate surface area is 99.1 Å². The van der Waals surface area contributed by atoms with Crippen LogP contribution in [0.3, 0.4) is 0 Å². The summed E-state index contributed by atoms with van der Waals surface area (Å²) < 4.78 is 17.5. The molecule has 0 bridgehead atoms. The van der Waals surface area contributed by atoms with E-state index in [9.17, 15) is 9.18 Å². The smallest absolute Gasteiger partial charge is 0.348 e. The number of carbonyl (C=O) groups is 1. The zero-order valence-electron chi connectivity index (χ0n) is 9.44. The molecule has 0 heterocycles. The molecule has 1 aromatic carbocycles. The van der Waals surface area contributed by atoms with Crippen molar-refractivity contribution in [2.45, 2.75) is 13.3 Å². The Kier molecular flexibility index (Phi) is 4.89. The Morgan fingerprint density at radius 2 is 2.12 bits per heavy atom. The molecule has 4 heteroatoms. The van der Waals surface area contributed by atoms with Gasteiger partial charge in [-0.1, -0.05) is 19.1 Å². The van der Waals surface area contributed by atoms with E-state index >= 15 is 0 Å². The Balaban J connectivity index is 2.83. The standard InChI is InChI=1S/C13H12FNO2/c1-2-7-17-13(16)11(9-15)8-10-3-5-12(14)6-4-10/h3-6,8H,2,7H2,1H3/b11-8+. The number of ether oxygens (including phenoxy) is 1. The first-order valence-electron chi connectivity index (χ1n) is 5.22. The molecule has 1 rings (SSSR count). The summed E-state index contributed by atoms with van der Waals surface area (Å²) in [7, 11) is 0. The van der Waals surface area contributed by atoms with Crippen molar-refractivity contribution in [2.24, 2.45) is 0 Å². The maximum Gasteiger partial charge on any atom is 0.348 e. The van der Waals surface area contributed by atoms with Gasteiger partial charge in [0.1, 0.15) is 17.5 Å². The van der Waals surface area contributed by atoms with Crippen molar-refractivity contribution in [1.29, 1.82) is 5.26 Å². The van der Waals surface area contributed by atoms with Gasteiger partial charge in [-0.15, -0.1) is 0 Å². The highest BCUT2D eigenvalue weighted by molar-refractivity contribution is 5.97. The number of rotatable bonds is 4. The van der Waals surface area contributed by atoms with Crippen LogP contribution in [0.4, 0.5) is 4.39 Å². The third-order valence-electron chi connectivity index (χ3n) is 1.96. The molecule has 3 nitrogen and oxygen atoms in total. The van der Waals surface area contributed by atoms with Gasteiger partial charge in [0.05, 0.1) is 6.61 Å². The molecule has 0 spiro atoms. The number of hydrogen-bond donors (Lipinski definition) is 0. The molecule has 0 saturated heterocycles. The van der Waals surface area contributed by atoms with Gasteiger partial charge in [0.2, 0.25) is 0 Å². The predicted octanol–water partition coefficient (Wildman–Crippen LogP) is 2.69. The number of nitriles is 1. The van der Waals surface area contributed by atoms with Crippen molar-refractivity contribution < 1.29 is 13.9 Å². The lowest BCUT2D eigenvalue weighted by Gasteiger charge is -2.01. The van der Waals surface area contributed by atoms with Gasteiger partial charge < -0.3 is 4.74 Å². The highest BCUT2D eigenvalue weighted by Crippen LogP contribution is 2.09. The van der Waals surface area contributed by atoms with Crippen LogP contribution in [-0.4, -0.2) is 12.6 Å². The summed E-state index contributed by atoms with van der Waals surface area (Å²) in [6.07, 6.45) is 2.07. The Morgan fingerprint density at radius 3 is 2.65 bits per heavy atom. The molecule has 0 aliphatic carbocycles. The van der Waals surface area contributed by atoms with E-state index in [1.165, 1.54) is 30.3 Å². The Bertz CT molecular complexity index is 457. The number of benzene rings is 1. The molecule has 1 aromatic rings. The average Bonchev–Trinajstić information content (AvgIpc) is 2.35. The van der Waals surface area contributed by atoms with E-state index in [0.717, 1.165) is 0 Å². The molecule has 0 N–H and O–H groups in total. The molecule has 0 aliphatic rings. The minimum absolute atomic E-state index is 0.0925. The molecule has 0 aromatic heterocycles. The summed E-state index contributed by atoms with van der Waals surface area (Å²) in [6, 6.07) is 7.26. The van der Waals surface area contributed by atoms with Crippen molar-refractivity contribution in [2.75, 3.05) is 6.61 Å². The number of carbonyl (C=O) groups excluding carboxylic acids is 1. The first-order chi connectivity index (χ1) is 8.17. The highest BCUT2D eigenvalue weighted by atomic mass is 19.1. The second-order valence-corrected chi connectivity index (χ2v) is 3.36. The Morgan fingerprint density at radius 1 is 1.47 bits per heavy atom. The zero-order chi connectivity index (χ0) is 12.7. The fraction of sp³-hybridized carbons (Fsp3) is 0.231. The van der Waals surface area contributed by atoms with Gasteiger partial charge in [0, 0.05) is 0 Å². The minimum atomic E-state index is -0.654. The maximum atomic E-state index is 12.7. The molecule has 0 saturated carbocycles. The van der Waals surface area contributed by atoms with E-state index < -0.39 is 5.97 Å². The summed E-state index contributed by atoms with van der Waals surface area (Å²) in [5.41, 5.74) is 0.487. The monoisotopic (exact) mass is 233 g/mol. The van der Waals surface area contributed by atoms with Crippen molar-refractivity contribution >= 4 is 12.0 Å². The number of halogens is 1. The van der Waals surface area contributed by atoms with E-state index in [1.54, 1.807) is 6.07 Å². The largest absolute Gasteiger partial charge is 0.462 e. The quantitative estimate of drug-likeness (QED) is 0.456. The van der Waals surface area contributed by atoms with Gasteiger partial charge in [-0.2, -0.15) is 5.26 Å². The van der Waals surface area contributed by atoms with Gasteiger partial charge in [-0.3, -0.25) is 0 Å². The van der Waals surface area contributed by atoms with Crippen LogP contribution in [-0.2, 0) is 9.53 Å². The van der Waals surface area contributed by atoms with Gasteiger partial charge in [0.25, 0.3) is 0 Å². The summed E-state index contributed by atoms with van der Waals surface area (Å²) >= 11 is 0. The van der Waals surface area contributed by atoms with Gasteiger partial charge in [0.15, 0.2) is 0 Å². The van der Waals surface area contributed by atoms with E-state index in [0.29, 0.717) is 12.0 Å². The fourth-order valence-electron chi connectivity index (χ4n) is 1.14. The van der Waals surface area contributed by atoms with Crippen LogP contribution in [0, 0.1) is 17.1 Å². The van der Waals surface area contributed by atoms with Crippen molar-refractivity contribution in [3.05, 3.63) is 41.2 Å². The second kappa shape index (κ2) is 6.44. The molecule has 0 aliphatic heterocycles. The van der Waals surface area contributed by atoms with E-state index in [-0.39, 0.29) is 18.0 Å². The lowest BCUT2D eigenvalue weighted by atomic mass is 10.1. The van der Waals surface area contributed by atoms with Crippen molar-refractivity contribution in [3.63, 3.8) is 0 Å². The van der Waals surface area contributed by atoms with E-state index in [1.807, 2.05) is 6.92 Å². The van der Waals surface area contributed by atoms with Crippen LogP contribution in [0.25, 0.3) is 6.08 Å². The van der Waals surface area contributed by atoms with Crippen molar-refractivity contribution in [1.82, 2.24) is 0 Å². The lowest BCUT2D eigenvalue weighted by molar-refractivity contribution is -0.138. The van der Waals surface area contributed by atoms with Crippen LogP contribution in [0.2, 0.25) is 0 Å². The summed E-state index contributed by atoms with van der Waals surface area (Å²) in [4.78, 5) is 11.4. The lowest BCUT2D eigenvalue weighted by Crippen LogP contribution is -2.07. The molecular weight excluding hydrogens is 221 g/mol. The highest BCUT2D eigenvalue weighted by Gasteiger charge is 2.09. The van der Waals surface area contributed by atoms with Gasteiger partial charge >= 0.3 is 5.97 Å². The summed E-state index contributed by atoms with van der Waals surface area (Å²) in [5, 5.41) is 8.82. The van der Waals surface area contributed by atoms with Crippen molar-refractivity contribution in [3.8, 4) is 6.07 Å². The predicted molar refractivity (Wildman–Crippen MR) is 61.2 cm³/mol. The topological polar surface area (TPSA) is 50.1 Å². The van der Waals surface area contributed by atoms with Crippen LogP contribution < -0.4 is 0 Å². The van der Waals surface area contributed by atoms with Crippen LogP contribution >= 0.6 is 0 Å². The molecule has 0 fully saturated rings. The third kappa shape index (κ3) is 4.07. The Hall–Kier alpha value is -2.15. The average molecular weight is 233 g/mol. The number of hydrogen-bond acceptors (Lipinski definition) is 3. The van der Waals surface area contributed by atoms with E-state index in [4.69, 9.17) is 10.00 Å². The maximum absolute atomic E-state index is 12.7. The molecule has 17 heavy (non-hydrogen) atoms. The third-order valence-corrected chi connectivity index (χ3v) is 1.96. The van der Waals surface area contributed by atoms with E-state index in [2.05, 4.69) is 0 Å². The normalized spacial score (nSPS) is 10.8. The molecule has 0 unspecified atom stereocenters. The first kappa shape index (κ1) is 12.9. The van der Waals surface area contributed by atoms with Gasteiger partial charge in [-0.25, -0.2) is 9.18 Å². The molecule has 0 atom stereocenters. The second-order valence-electron chi connectivity index (χ2n) is 3.36. The molecule has 88 valence electrons.